The number of carbonyl (C=O) groups is 1. The van der Waals surface area contributed by atoms with Crippen LogP contribution in [-0.2, 0) is 16.1 Å². The highest BCUT2D eigenvalue weighted by Crippen LogP contribution is 2.31. The third-order valence-corrected chi connectivity index (χ3v) is 5.88. The van der Waals surface area contributed by atoms with Crippen molar-refractivity contribution in [3.05, 3.63) is 46.5 Å². The number of aliphatic hydroxyl groups excluding tert-OH is 2. The summed E-state index contributed by atoms with van der Waals surface area (Å²) in [5.74, 6) is -0.0490. The average Bonchev–Trinajstić information content (AvgIpc) is 3.53. The van der Waals surface area contributed by atoms with Crippen LogP contribution in [0.4, 0.5) is 0 Å². The van der Waals surface area contributed by atoms with Gasteiger partial charge in [0, 0.05) is 12.1 Å². The number of fused-ring (bicyclic) bond motifs is 2. The summed E-state index contributed by atoms with van der Waals surface area (Å²) in [7, 11) is 0. The van der Waals surface area contributed by atoms with E-state index in [1.807, 2.05) is 0 Å². The first kappa shape index (κ1) is 22.8. The quantitative estimate of drug-likeness (QED) is 0.360. The van der Waals surface area contributed by atoms with E-state index in [1.165, 1.54) is 0 Å². The Bertz CT molecular complexity index is 1170. The zero-order chi connectivity index (χ0) is 23.7. The first-order valence-electron chi connectivity index (χ1n) is 10.8. The maximum Gasteiger partial charge on any atom is 0.296 e. The monoisotopic (exact) mass is 490 g/mol. The molecule has 0 bridgehead atoms. The van der Waals surface area contributed by atoms with Gasteiger partial charge in [-0.1, -0.05) is 23.7 Å². The van der Waals surface area contributed by atoms with Crippen molar-refractivity contribution in [3.8, 4) is 11.9 Å². The number of pyridine rings is 1. The molecule has 1 aromatic carbocycles. The Balaban J connectivity index is 1.23. The molecule has 2 saturated heterocycles. The van der Waals surface area contributed by atoms with E-state index in [9.17, 15) is 9.90 Å². The number of hydrogen-bond donors (Lipinski definition) is 4. The third kappa shape index (κ3) is 4.65. The Hall–Kier alpha value is -2.96. The molecule has 2 aliphatic rings. The lowest BCUT2D eigenvalue weighted by molar-refractivity contribution is 0.00706. The highest BCUT2D eigenvalue weighted by atomic mass is 35.5. The number of nitrogens with one attached hydrogen (secondary N) is 2. The molecule has 11 nitrogen and oxygen atoms in total. The van der Waals surface area contributed by atoms with Gasteiger partial charge in [-0.2, -0.15) is 9.97 Å². The molecule has 0 spiro atoms. The summed E-state index contributed by atoms with van der Waals surface area (Å²) in [5.41, 5.74) is 2.24. The number of ether oxygens (including phenoxy) is 4. The van der Waals surface area contributed by atoms with E-state index in [2.05, 4.69) is 20.3 Å². The van der Waals surface area contributed by atoms with Crippen molar-refractivity contribution in [2.24, 2.45) is 0 Å². The van der Waals surface area contributed by atoms with E-state index in [4.69, 9.17) is 35.7 Å². The number of aliphatic hydroxyl groups is 2. The molecule has 4 N–H and O–H groups in total. The van der Waals surface area contributed by atoms with Gasteiger partial charge in [-0.05, 0) is 23.8 Å². The second-order valence-corrected chi connectivity index (χ2v) is 8.38. The molecule has 0 radical (unpaired) electrons. The lowest BCUT2D eigenvalue weighted by Gasteiger charge is -2.15. The van der Waals surface area contributed by atoms with Crippen molar-refractivity contribution in [2.45, 2.75) is 31.0 Å². The molecule has 5 rings (SSSR count). The molecule has 4 heterocycles. The SMILES string of the molecule is O=C(NCCO)c1ccc(COc2nc3nc(O[C@@H]4CO[C@H]5C4OC[C@H]5O)[nH]c3cc2Cl)cc1. The number of H-pyrrole nitrogens is 1. The summed E-state index contributed by atoms with van der Waals surface area (Å²) in [6.07, 6.45) is -1.81. The third-order valence-electron chi connectivity index (χ3n) is 5.61. The number of hydrogen-bond acceptors (Lipinski definition) is 9. The van der Waals surface area contributed by atoms with Gasteiger partial charge in [0.05, 0.1) is 25.3 Å². The number of aromatic amines is 1. The minimum atomic E-state index is -0.658. The zero-order valence-electron chi connectivity index (χ0n) is 17.9. The second kappa shape index (κ2) is 9.72. The van der Waals surface area contributed by atoms with Gasteiger partial charge in [0.2, 0.25) is 5.88 Å². The van der Waals surface area contributed by atoms with Gasteiger partial charge in [0.15, 0.2) is 11.8 Å². The van der Waals surface area contributed by atoms with Gasteiger partial charge >= 0.3 is 0 Å². The number of halogens is 1. The van der Waals surface area contributed by atoms with Crippen LogP contribution >= 0.6 is 11.6 Å². The normalized spacial score (nSPS) is 23.7. The van der Waals surface area contributed by atoms with Crippen LogP contribution in [0.1, 0.15) is 15.9 Å². The van der Waals surface area contributed by atoms with Gasteiger partial charge in [-0.25, -0.2) is 0 Å². The number of amides is 1. The van der Waals surface area contributed by atoms with Crippen LogP contribution in [0.15, 0.2) is 30.3 Å². The minimum Gasteiger partial charge on any atom is -0.472 e. The molecule has 0 saturated carbocycles. The molecule has 180 valence electrons. The second-order valence-electron chi connectivity index (χ2n) is 7.97. The predicted molar refractivity (Wildman–Crippen MR) is 119 cm³/mol. The van der Waals surface area contributed by atoms with Crippen molar-refractivity contribution in [1.82, 2.24) is 20.3 Å². The van der Waals surface area contributed by atoms with Gasteiger partial charge in [-0.3, -0.25) is 4.79 Å². The Morgan fingerprint density at radius 1 is 1.21 bits per heavy atom. The van der Waals surface area contributed by atoms with Gasteiger partial charge in [0.25, 0.3) is 11.9 Å². The zero-order valence-corrected chi connectivity index (χ0v) is 18.7. The number of imidazole rings is 1. The van der Waals surface area contributed by atoms with Crippen molar-refractivity contribution in [3.63, 3.8) is 0 Å². The van der Waals surface area contributed by atoms with Gasteiger partial charge < -0.3 is 39.5 Å². The largest absolute Gasteiger partial charge is 0.472 e. The first-order chi connectivity index (χ1) is 16.5. The average molecular weight is 491 g/mol. The van der Waals surface area contributed by atoms with Crippen LogP contribution in [0.25, 0.3) is 11.2 Å². The molecule has 2 aromatic heterocycles. The Kier molecular flexibility index (Phi) is 6.53. The molecule has 2 aliphatic heterocycles. The number of aromatic nitrogens is 3. The van der Waals surface area contributed by atoms with E-state index in [0.717, 1.165) is 5.56 Å². The molecule has 34 heavy (non-hydrogen) atoms. The molecule has 1 unspecified atom stereocenters. The highest BCUT2D eigenvalue weighted by molar-refractivity contribution is 6.32. The van der Waals surface area contributed by atoms with Crippen LogP contribution in [0.3, 0.4) is 0 Å². The van der Waals surface area contributed by atoms with Crippen molar-refractivity contribution in [1.29, 1.82) is 0 Å². The summed E-state index contributed by atoms with van der Waals surface area (Å²) in [5, 5.41) is 21.6. The van der Waals surface area contributed by atoms with E-state index in [1.54, 1.807) is 30.3 Å². The van der Waals surface area contributed by atoms with Gasteiger partial charge in [0.1, 0.15) is 29.9 Å². The number of benzene rings is 1. The molecule has 4 atom stereocenters. The summed E-state index contributed by atoms with van der Waals surface area (Å²) >= 11 is 6.34. The molecule has 0 aliphatic carbocycles. The van der Waals surface area contributed by atoms with E-state index in [0.29, 0.717) is 21.7 Å². The Morgan fingerprint density at radius 3 is 2.79 bits per heavy atom. The van der Waals surface area contributed by atoms with Crippen LogP contribution in [0, 0.1) is 0 Å². The minimum absolute atomic E-state index is 0.117. The van der Waals surface area contributed by atoms with Crippen LogP contribution < -0.4 is 14.8 Å². The number of rotatable bonds is 8. The fraction of sp³-hybridized carbons (Fsp3) is 0.409. The Labute approximate surface area is 199 Å². The van der Waals surface area contributed by atoms with Crippen LogP contribution in [0.2, 0.25) is 5.02 Å². The van der Waals surface area contributed by atoms with Crippen LogP contribution in [0.5, 0.6) is 11.9 Å². The summed E-state index contributed by atoms with van der Waals surface area (Å²) < 4.78 is 22.8. The molecule has 1 amide bonds. The number of nitrogens with zero attached hydrogens (tertiary/aromatic N) is 2. The van der Waals surface area contributed by atoms with Crippen LogP contribution in [-0.4, -0.2) is 81.9 Å². The molecule has 3 aromatic rings. The maximum atomic E-state index is 11.9. The fourth-order valence-electron chi connectivity index (χ4n) is 3.90. The standard InChI is InChI=1S/C22H23ClN4O7/c23-13-7-14-19(27-22(25-14)34-16-10-32-17-15(29)9-31-18(16)17)26-21(13)33-8-11-1-3-12(4-2-11)20(30)24-5-6-28/h1-4,7,15-18,28-29H,5-6,8-10H2,(H,24,30)(H,25,26,27)/t15-,16-,17-,18?/m1/s1. The van der Waals surface area contributed by atoms with Gasteiger partial charge in [-0.15, -0.1) is 0 Å². The predicted octanol–water partition coefficient (Wildman–Crippen LogP) is 0.818. The summed E-state index contributed by atoms with van der Waals surface area (Å²) in [4.78, 5) is 23.7. The Morgan fingerprint density at radius 2 is 2.00 bits per heavy atom. The smallest absolute Gasteiger partial charge is 0.296 e. The first-order valence-corrected chi connectivity index (χ1v) is 11.1. The lowest BCUT2D eigenvalue weighted by Crippen LogP contribution is -2.34. The molecule has 12 heteroatoms. The van der Waals surface area contributed by atoms with Crippen molar-refractivity contribution >= 4 is 28.7 Å². The van der Waals surface area contributed by atoms with E-state index >= 15 is 0 Å². The summed E-state index contributed by atoms with van der Waals surface area (Å²) in [6, 6.07) is 8.76. The fourth-order valence-corrected chi connectivity index (χ4v) is 4.11. The molecular formula is C22H23ClN4O7. The highest BCUT2D eigenvalue weighted by Gasteiger charge is 2.48. The van der Waals surface area contributed by atoms with E-state index in [-0.39, 0.29) is 56.9 Å². The maximum absolute atomic E-state index is 11.9. The van der Waals surface area contributed by atoms with E-state index < -0.39 is 18.3 Å². The lowest BCUT2D eigenvalue weighted by atomic mass is 10.1. The topological polar surface area (TPSA) is 148 Å². The molecular weight excluding hydrogens is 468 g/mol. The number of carbonyl (C=O) groups excluding carboxylic acids is 1. The molecule has 2 fully saturated rings. The van der Waals surface area contributed by atoms with Crippen molar-refractivity contribution in [2.75, 3.05) is 26.4 Å². The summed E-state index contributed by atoms with van der Waals surface area (Å²) in [6.45, 7) is 0.768. The van der Waals surface area contributed by atoms with Crippen molar-refractivity contribution < 1.29 is 34.0 Å².